The molecule has 0 aromatic heterocycles. The topological polar surface area (TPSA) is 46.6 Å². The van der Waals surface area contributed by atoms with Crippen molar-refractivity contribution in [3.63, 3.8) is 0 Å². The lowest BCUT2D eigenvalue weighted by atomic mass is 10.2. The molecule has 2 fully saturated rings. The summed E-state index contributed by atoms with van der Waals surface area (Å²) in [7, 11) is 0. The monoisotopic (exact) mass is 343 g/mol. The van der Waals surface area contributed by atoms with Gasteiger partial charge in [0.2, 0.25) is 5.91 Å². The molecular formula is C15H15ClFNO3S. The van der Waals surface area contributed by atoms with E-state index in [2.05, 4.69) is 0 Å². The number of halogens is 2. The molecule has 0 spiro atoms. The summed E-state index contributed by atoms with van der Waals surface area (Å²) in [5.41, 5.74) is 0.539. The van der Waals surface area contributed by atoms with E-state index in [9.17, 15) is 14.0 Å². The summed E-state index contributed by atoms with van der Waals surface area (Å²) in [6, 6.07) is 3.38. The average Bonchev–Trinajstić information content (AvgIpc) is 2.95. The van der Waals surface area contributed by atoms with Crippen LogP contribution in [0, 0.1) is 5.82 Å². The molecule has 0 bridgehead atoms. The number of hydrogen-bond donors (Lipinski definition) is 0. The fourth-order valence-electron chi connectivity index (χ4n) is 2.88. The van der Waals surface area contributed by atoms with E-state index in [-0.39, 0.29) is 22.4 Å². The molecule has 2 saturated heterocycles. The van der Waals surface area contributed by atoms with E-state index in [4.69, 9.17) is 16.3 Å². The number of ether oxygens (including phenoxy) is 1. The molecule has 1 aromatic rings. The van der Waals surface area contributed by atoms with Crippen molar-refractivity contribution in [2.24, 2.45) is 0 Å². The van der Waals surface area contributed by atoms with E-state index in [0.29, 0.717) is 17.7 Å². The third kappa shape index (κ3) is 2.70. The predicted molar refractivity (Wildman–Crippen MR) is 81.9 cm³/mol. The summed E-state index contributed by atoms with van der Waals surface area (Å²) in [5, 5.41) is 0.218. The number of thioether (sulfide) groups is 1. The number of fused-ring (bicyclic) bond motifs is 1. The first-order valence-corrected chi connectivity index (χ1v) is 8.34. The maximum Gasteiger partial charge on any atom is 0.330 e. The minimum atomic E-state index is -0.552. The summed E-state index contributed by atoms with van der Waals surface area (Å²) >= 11 is 7.52. The van der Waals surface area contributed by atoms with Crippen LogP contribution in [0.2, 0.25) is 5.02 Å². The fraction of sp³-hybridized carbons (Fsp3) is 0.467. The maximum atomic E-state index is 13.0. The Morgan fingerprint density at radius 3 is 3.09 bits per heavy atom. The maximum absolute atomic E-state index is 13.0. The molecule has 7 heteroatoms. The number of nitrogens with zero attached hydrogens (tertiary/aromatic N) is 1. The van der Waals surface area contributed by atoms with Gasteiger partial charge >= 0.3 is 5.97 Å². The molecule has 0 N–H and O–H groups in total. The van der Waals surface area contributed by atoms with Crippen LogP contribution < -0.4 is 0 Å². The first-order valence-electron chi connectivity index (χ1n) is 6.97. The van der Waals surface area contributed by atoms with Gasteiger partial charge in [0, 0.05) is 17.7 Å². The van der Waals surface area contributed by atoms with Crippen LogP contribution in [0.3, 0.4) is 0 Å². The largest absolute Gasteiger partial charge is 0.459 e. The highest BCUT2D eigenvalue weighted by molar-refractivity contribution is 8.01. The lowest BCUT2D eigenvalue weighted by molar-refractivity contribution is -0.154. The SMILES string of the molecule is C[C@]12CCC(=O)N1[C@@H](C(=O)OCc1ccc(F)cc1Cl)CS2. The zero-order valence-electron chi connectivity index (χ0n) is 12.0. The zero-order chi connectivity index (χ0) is 15.9. The van der Waals surface area contributed by atoms with E-state index >= 15 is 0 Å². The van der Waals surface area contributed by atoms with Crippen molar-refractivity contribution in [1.29, 1.82) is 0 Å². The third-order valence-electron chi connectivity index (χ3n) is 4.10. The number of benzene rings is 1. The van der Waals surface area contributed by atoms with Crippen molar-refractivity contribution in [2.75, 3.05) is 5.75 Å². The van der Waals surface area contributed by atoms with Gasteiger partial charge in [-0.15, -0.1) is 11.8 Å². The van der Waals surface area contributed by atoms with Gasteiger partial charge in [-0.1, -0.05) is 17.7 Å². The summed E-state index contributed by atoms with van der Waals surface area (Å²) in [4.78, 5) is 25.6. The van der Waals surface area contributed by atoms with Crippen LogP contribution in [0.25, 0.3) is 0 Å². The molecule has 1 aromatic carbocycles. The summed E-state index contributed by atoms with van der Waals surface area (Å²) in [5.74, 6) is -0.343. The molecule has 118 valence electrons. The van der Waals surface area contributed by atoms with E-state index in [1.807, 2.05) is 6.92 Å². The molecule has 2 atom stereocenters. The molecule has 4 nitrogen and oxygen atoms in total. The molecule has 22 heavy (non-hydrogen) atoms. The zero-order valence-corrected chi connectivity index (χ0v) is 13.5. The van der Waals surface area contributed by atoms with Gasteiger partial charge in [-0.2, -0.15) is 0 Å². The van der Waals surface area contributed by atoms with Gasteiger partial charge in [-0.25, -0.2) is 9.18 Å². The van der Waals surface area contributed by atoms with Crippen LogP contribution in [0.15, 0.2) is 18.2 Å². The number of hydrogen-bond acceptors (Lipinski definition) is 4. The van der Waals surface area contributed by atoms with Gasteiger partial charge in [0.05, 0.1) is 9.89 Å². The van der Waals surface area contributed by atoms with Crippen LogP contribution in [0.1, 0.15) is 25.3 Å². The highest BCUT2D eigenvalue weighted by Crippen LogP contribution is 2.47. The van der Waals surface area contributed by atoms with Gasteiger partial charge in [-0.3, -0.25) is 4.79 Å². The molecule has 0 unspecified atom stereocenters. The summed E-state index contributed by atoms with van der Waals surface area (Å²) in [6.45, 7) is 1.95. The molecule has 0 aliphatic carbocycles. The summed E-state index contributed by atoms with van der Waals surface area (Å²) < 4.78 is 18.3. The second-order valence-electron chi connectivity index (χ2n) is 5.61. The molecule has 2 aliphatic rings. The number of rotatable bonds is 3. The molecule has 0 radical (unpaired) electrons. The molecular weight excluding hydrogens is 329 g/mol. The number of amides is 1. The van der Waals surface area contributed by atoms with Crippen molar-refractivity contribution in [1.82, 2.24) is 4.90 Å². The van der Waals surface area contributed by atoms with E-state index < -0.39 is 17.8 Å². The highest BCUT2D eigenvalue weighted by atomic mass is 35.5. The second-order valence-corrected chi connectivity index (χ2v) is 7.52. The highest BCUT2D eigenvalue weighted by Gasteiger charge is 2.53. The minimum Gasteiger partial charge on any atom is -0.459 e. The number of carbonyl (C=O) groups is 2. The third-order valence-corrected chi connectivity index (χ3v) is 5.96. The first-order chi connectivity index (χ1) is 10.4. The Morgan fingerprint density at radius 2 is 2.36 bits per heavy atom. The fourth-order valence-corrected chi connectivity index (χ4v) is 4.52. The quantitative estimate of drug-likeness (QED) is 0.792. The lowest BCUT2D eigenvalue weighted by Gasteiger charge is -2.29. The average molecular weight is 344 g/mol. The van der Waals surface area contributed by atoms with Crippen molar-refractivity contribution >= 4 is 35.2 Å². The van der Waals surface area contributed by atoms with Crippen molar-refractivity contribution in [3.05, 3.63) is 34.6 Å². The smallest absolute Gasteiger partial charge is 0.330 e. The summed E-state index contributed by atoms with van der Waals surface area (Å²) in [6.07, 6.45) is 1.22. The predicted octanol–water partition coefficient (Wildman–Crippen LogP) is 2.98. The van der Waals surface area contributed by atoms with E-state index in [1.165, 1.54) is 18.2 Å². The molecule has 2 aliphatic heterocycles. The van der Waals surface area contributed by atoms with Gasteiger partial charge in [0.25, 0.3) is 0 Å². The number of esters is 1. The molecule has 2 heterocycles. The van der Waals surface area contributed by atoms with Gasteiger partial charge in [-0.05, 0) is 25.5 Å². The van der Waals surface area contributed by atoms with Crippen molar-refractivity contribution in [2.45, 2.75) is 37.3 Å². The molecule has 3 rings (SSSR count). The Bertz CT molecular complexity index is 641. The minimum absolute atomic E-state index is 0.00531. The van der Waals surface area contributed by atoms with Crippen LogP contribution in [0.5, 0.6) is 0 Å². The number of carbonyl (C=O) groups excluding carboxylic acids is 2. The van der Waals surface area contributed by atoms with Crippen LogP contribution in [0.4, 0.5) is 4.39 Å². The Hall–Kier alpha value is -1.27. The van der Waals surface area contributed by atoms with E-state index in [1.54, 1.807) is 16.7 Å². The normalized spacial score (nSPS) is 27.1. The van der Waals surface area contributed by atoms with Gasteiger partial charge in [0.1, 0.15) is 18.5 Å². The lowest BCUT2D eigenvalue weighted by Crippen LogP contribution is -2.46. The Kier molecular flexibility index (Phi) is 4.07. The molecule has 1 amide bonds. The van der Waals surface area contributed by atoms with Crippen LogP contribution >= 0.6 is 23.4 Å². The Balaban J connectivity index is 1.66. The van der Waals surface area contributed by atoms with Gasteiger partial charge < -0.3 is 9.64 Å². The Labute approximate surface area is 136 Å². The second kappa shape index (κ2) is 5.74. The first kappa shape index (κ1) is 15.6. The molecule has 0 saturated carbocycles. The van der Waals surface area contributed by atoms with Gasteiger partial charge in [0.15, 0.2) is 0 Å². The van der Waals surface area contributed by atoms with Crippen molar-refractivity contribution < 1.29 is 18.7 Å². The van der Waals surface area contributed by atoms with E-state index in [0.717, 1.165) is 6.42 Å². The van der Waals surface area contributed by atoms with Crippen LogP contribution in [-0.2, 0) is 20.9 Å². The van der Waals surface area contributed by atoms with Crippen LogP contribution in [-0.4, -0.2) is 33.4 Å². The van der Waals surface area contributed by atoms with Crippen molar-refractivity contribution in [3.8, 4) is 0 Å². The standard InChI is InChI=1S/C15H15ClFNO3S/c1-15-5-4-13(19)18(15)12(8-22-15)14(20)21-7-9-2-3-10(17)6-11(9)16/h2-3,6,12H,4-5,7-8H2,1H3/t12-,15+/m1/s1. The Morgan fingerprint density at radius 1 is 1.59 bits per heavy atom.